The molecule has 3 aliphatic rings. The van der Waals surface area contributed by atoms with E-state index < -0.39 is 17.9 Å². The number of hydrogen-bond donors (Lipinski definition) is 1. The fraction of sp³-hybridized carbons (Fsp3) is 0.400. The van der Waals surface area contributed by atoms with Crippen molar-refractivity contribution in [2.75, 3.05) is 39.6 Å². The maximum absolute atomic E-state index is 13.0. The first-order valence-corrected chi connectivity index (χ1v) is 11.6. The number of amides is 1. The van der Waals surface area contributed by atoms with Crippen LogP contribution in [0.1, 0.15) is 24.1 Å². The molecule has 0 spiro atoms. The van der Waals surface area contributed by atoms with Crippen molar-refractivity contribution in [2.45, 2.75) is 19.5 Å². The molecule has 0 aromatic heterocycles. The number of piperazine rings is 1. The van der Waals surface area contributed by atoms with Gasteiger partial charge >= 0.3 is 5.97 Å². The Morgan fingerprint density at radius 3 is 2.62 bits per heavy atom. The molecule has 1 amide bonds. The van der Waals surface area contributed by atoms with Crippen LogP contribution in [0.25, 0.3) is 0 Å². The number of fused-ring (bicyclic) bond motifs is 1. The third-order valence-corrected chi connectivity index (χ3v) is 6.29. The van der Waals surface area contributed by atoms with Crippen molar-refractivity contribution in [3.8, 4) is 11.5 Å². The number of aliphatic imine (C=N–C) groups is 1. The lowest BCUT2D eigenvalue weighted by Crippen LogP contribution is -2.57. The van der Waals surface area contributed by atoms with E-state index in [-0.39, 0.29) is 19.3 Å². The van der Waals surface area contributed by atoms with E-state index in [0.29, 0.717) is 5.96 Å². The molecule has 9 heteroatoms. The number of nitrogens with one attached hydrogen (secondary N) is 1. The van der Waals surface area contributed by atoms with Gasteiger partial charge in [0, 0.05) is 32.7 Å². The lowest BCUT2D eigenvalue weighted by Gasteiger charge is -2.39. The van der Waals surface area contributed by atoms with Crippen LogP contribution in [0.5, 0.6) is 11.5 Å². The molecule has 5 rings (SSSR count). The molecule has 2 aromatic carbocycles. The molecule has 2 atom stereocenters. The topological polar surface area (TPSA) is 92.7 Å². The van der Waals surface area contributed by atoms with Gasteiger partial charge < -0.3 is 19.1 Å². The van der Waals surface area contributed by atoms with Crippen molar-refractivity contribution in [1.29, 1.82) is 0 Å². The Morgan fingerprint density at radius 2 is 1.85 bits per heavy atom. The van der Waals surface area contributed by atoms with Gasteiger partial charge in [-0.1, -0.05) is 36.4 Å². The zero-order valence-electron chi connectivity index (χ0n) is 19.1. The van der Waals surface area contributed by atoms with Crippen LogP contribution in [-0.4, -0.2) is 67.2 Å². The van der Waals surface area contributed by atoms with Gasteiger partial charge in [0.15, 0.2) is 17.4 Å². The monoisotopic (exact) mass is 464 g/mol. The highest BCUT2D eigenvalue weighted by Crippen LogP contribution is 2.33. The van der Waals surface area contributed by atoms with Crippen LogP contribution in [0.2, 0.25) is 0 Å². The predicted molar refractivity (Wildman–Crippen MR) is 124 cm³/mol. The average molecular weight is 465 g/mol. The minimum absolute atomic E-state index is 0.214. The van der Waals surface area contributed by atoms with Gasteiger partial charge in [-0.2, -0.15) is 0 Å². The van der Waals surface area contributed by atoms with Gasteiger partial charge in [0.1, 0.15) is 6.04 Å². The number of esters is 1. The third kappa shape index (κ3) is 4.56. The minimum Gasteiger partial charge on any atom is -0.465 e. The molecule has 0 bridgehead atoms. The highest BCUT2D eigenvalue weighted by atomic mass is 16.7. The van der Waals surface area contributed by atoms with Gasteiger partial charge in [0.05, 0.1) is 6.61 Å². The van der Waals surface area contributed by atoms with Gasteiger partial charge in [-0.15, -0.1) is 0 Å². The number of rotatable bonds is 5. The van der Waals surface area contributed by atoms with E-state index >= 15 is 0 Å². The summed E-state index contributed by atoms with van der Waals surface area (Å²) in [6.07, 6.45) is 0. The highest BCUT2D eigenvalue weighted by molar-refractivity contribution is 6.08. The van der Waals surface area contributed by atoms with E-state index in [0.717, 1.165) is 49.8 Å². The fourth-order valence-corrected chi connectivity index (χ4v) is 4.53. The molecule has 3 heterocycles. The summed E-state index contributed by atoms with van der Waals surface area (Å²) in [4.78, 5) is 34.8. The predicted octanol–water partition coefficient (Wildman–Crippen LogP) is 1.94. The van der Waals surface area contributed by atoms with E-state index in [2.05, 4.69) is 21.2 Å². The second kappa shape index (κ2) is 9.72. The molecule has 0 saturated carbocycles. The molecule has 1 fully saturated rings. The molecule has 2 aromatic rings. The average Bonchev–Trinajstić information content (AvgIpc) is 3.33. The van der Waals surface area contributed by atoms with Gasteiger partial charge in [-0.3, -0.25) is 19.8 Å². The normalized spacial score (nSPS) is 22.2. The van der Waals surface area contributed by atoms with Crippen LogP contribution in [0, 0.1) is 5.92 Å². The summed E-state index contributed by atoms with van der Waals surface area (Å²) in [5.74, 6) is 0.165. The number of guanidine groups is 1. The molecule has 0 aliphatic carbocycles. The first kappa shape index (κ1) is 22.2. The molecule has 1 N–H and O–H groups in total. The number of hydrogen-bond acceptors (Lipinski definition) is 8. The van der Waals surface area contributed by atoms with Crippen LogP contribution in [0.15, 0.2) is 53.5 Å². The number of ether oxygens (including phenoxy) is 3. The lowest BCUT2D eigenvalue weighted by atomic mass is 9.91. The molecule has 3 aliphatic heterocycles. The highest BCUT2D eigenvalue weighted by Gasteiger charge is 2.42. The van der Waals surface area contributed by atoms with Crippen LogP contribution >= 0.6 is 0 Å². The SMILES string of the molecule is CCOC(=O)[C@H]1C(=O)NC(N2CCN(Cc3ccc4c(c3)OCO4)CC2)=N[C@H]1c1ccccc1. The molecule has 178 valence electrons. The molecular weight excluding hydrogens is 436 g/mol. The standard InChI is InChI=1S/C25H28N4O5/c1-2-32-24(31)21-22(18-6-4-3-5-7-18)26-25(27-23(21)30)29-12-10-28(11-13-29)15-17-8-9-19-20(14-17)34-16-33-19/h3-9,14,21-22H,2,10-13,15-16H2,1H3,(H,26,27,30)/t21-,22+/m1/s1. The molecule has 9 nitrogen and oxygen atoms in total. The Labute approximate surface area is 198 Å². The summed E-state index contributed by atoms with van der Waals surface area (Å²) in [6, 6.07) is 14.9. The van der Waals surface area contributed by atoms with E-state index in [4.69, 9.17) is 19.2 Å². The Bertz CT molecular complexity index is 1080. The number of carbonyl (C=O) groups excluding carboxylic acids is 2. The largest absolute Gasteiger partial charge is 0.465 e. The summed E-state index contributed by atoms with van der Waals surface area (Å²) in [6.45, 7) is 6.10. The van der Waals surface area contributed by atoms with Crippen molar-refractivity contribution in [3.05, 3.63) is 59.7 Å². The first-order chi connectivity index (χ1) is 16.6. The zero-order valence-corrected chi connectivity index (χ0v) is 19.1. The third-order valence-electron chi connectivity index (χ3n) is 6.29. The minimum atomic E-state index is -1.00. The summed E-state index contributed by atoms with van der Waals surface area (Å²) in [5.41, 5.74) is 1.98. The molecule has 0 unspecified atom stereocenters. The summed E-state index contributed by atoms with van der Waals surface area (Å²) in [7, 11) is 0. The smallest absolute Gasteiger partial charge is 0.321 e. The maximum Gasteiger partial charge on any atom is 0.321 e. The number of nitrogens with zero attached hydrogens (tertiary/aromatic N) is 3. The lowest BCUT2D eigenvalue weighted by molar-refractivity contribution is -0.153. The Hall–Kier alpha value is -3.59. The Kier molecular flexibility index (Phi) is 6.35. The van der Waals surface area contributed by atoms with E-state index in [1.165, 1.54) is 5.56 Å². The quantitative estimate of drug-likeness (QED) is 0.534. The summed E-state index contributed by atoms with van der Waals surface area (Å²) < 4.78 is 16.1. The van der Waals surface area contributed by atoms with Crippen LogP contribution in [-0.2, 0) is 20.9 Å². The molecular formula is C25H28N4O5. The number of carbonyl (C=O) groups is 2. The van der Waals surface area contributed by atoms with Crippen LogP contribution in [0.3, 0.4) is 0 Å². The number of benzene rings is 2. The second-order valence-electron chi connectivity index (χ2n) is 8.48. The van der Waals surface area contributed by atoms with Gasteiger partial charge in [-0.25, -0.2) is 4.99 Å². The van der Waals surface area contributed by atoms with E-state index in [1.807, 2.05) is 42.5 Å². The Balaban J connectivity index is 1.28. The molecule has 0 radical (unpaired) electrons. The maximum atomic E-state index is 13.0. The van der Waals surface area contributed by atoms with Gasteiger partial charge in [-0.05, 0) is 30.2 Å². The van der Waals surface area contributed by atoms with Crippen molar-refractivity contribution in [1.82, 2.24) is 15.1 Å². The van der Waals surface area contributed by atoms with Crippen molar-refractivity contribution in [3.63, 3.8) is 0 Å². The fourth-order valence-electron chi connectivity index (χ4n) is 4.53. The molecule has 34 heavy (non-hydrogen) atoms. The van der Waals surface area contributed by atoms with Crippen molar-refractivity contribution >= 4 is 17.8 Å². The van der Waals surface area contributed by atoms with E-state index in [1.54, 1.807) is 6.92 Å². The molecule has 1 saturated heterocycles. The summed E-state index contributed by atoms with van der Waals surface area (Å²) >= 11 is 0. The van der Waals surface area contributed by atoms with Gasteiger partial charge in [0.25, 0.3) is 0 Å². The summed E-state index contributed by atoms with van der Waals surface area (Å²) in [5, 5.41) is 2.86. The first-order valence-electron chi connectivity index (χ1n) is 11.6. The van der Waals surface area contributed by atoms with Crippen LogP contribution < -0.4 is 14.8 Å². The zero-order chi connectivity index (χ0) is 23.5. The second-order valence-corrected chi connectivity index (χ2v) is 8.48. The van der Waals surface area contributed by atoms with Crippen LogP contribution in [0.4, 0.5) is 0 Å². The Morgan fingerprint density at radius 1 is 1.09 bits per heavy atom. The van der Waals surface area contributed by atoms with Gasteiger partial charge in [0.2, 0.25) is 18.7 Å². The van der Waals surface area contributed by atoms with Crippen molar-refractivity contribution < 1.29 is 23.8 Å². The van der Waals surface area contributed by atoms with Crippen molar-refractivity contribution in [2.24, 2.45) is 10.9 Å². The van der Waals surface area contributed by atoms with E-state index in [9.17, 15) is 9.59 Å².